The van der Waals surface area contributed by atoms with Crippen LogP contribution in [-0.4, -0.2) is 40.7 Å². The topological polar surface area (TPSA) is 81.7 Å². The van der Waals surface area contributed by atoms with Gasteiger partial charge in [0.15, 0.2) is 6.10 Å². The van der Waals surface area contributed by atoms with Gasteiger partial charge in [-0.05, 0) is 31.5 Å². The molecule has 1 atom stereocenters. The Kier molecular flexibility index (Phi) is 6.44. The molecule has 6 nitrogen and oxygen atoms in total. The lowest BCUT2D eigenvalue weighted by atomic mass is 10.2. The van der Waals surface area contributed by atoms with Gasteiger partial charge < -0.3 is 14.8 Å². The van der Waals surface area contributed by atoms with Gasteiger partial charge in [0.2, 0.25) is 0 Å². The molecular weight excluding hydrogens is 318 g/mol. The van der Waals surface area contributed by atoms with Crippen molar-refractivity contribution >= 4 is 25.6 Å². The molecule has 118 valence electrons. The number of nitrogens with one attached hydrogen (secondary N) is 1. The summed E-state index contributed by atoms with van der Waals surface area (Å²) in [5.41, 5.74) is 0.721. The summed E-state index contributed by atoms with van der Waals surface area (Å²) in [7, 11) is 2.95. The average Bonchev–Trinajstić information content (AvgIpc) is 2.39. The quantitative estimate of drug-likeness (QED) is 0.602. The summed E-state index contributed by atoms with van der Waals surface area (Å²) in [5, 5.41) is 2.60. The summed E-state index contributed by atoms with van der Waals surface area (Å²) in [6.45, 7) is 3.98. The van der Waals surface area contributed by atoms with Crippen LogP contribution in [0.4, 0.5) is 0 Å². The molecule has 1 rings (SSSR count). The molecule has 0 radical (unpaired) electrons. The first-order valence-corrected chi connectivity index (χ1v) is 8.55. The summed E-state index contributed by atoms with van der Waals surface area (Å²) in [6.07, 6.45) is -0.860. The number of rotatable bonds is 7. The fraction of sp³-hybridized carbons (Fsp3) is 0.462. The Morgan fingerprint density at radius 2 is 2.10 bits per heavy atom. The number of halogens is 1. The lowest BCUT2D eigenvalue weighted by molar-refractivity contribution is -0.127. The number of aryl methyl sites for hydroxylation is 1. The molecule has 1 aromatic carbocycles. The third-order valence-corrected chi connectivity index (χ3v) is 3.98. The van der Waals surface area contributed by atoms with Gasteiger partial charge in [-0.25, -0.2) is 8.42 Å². The van der Waals surface area contributed by atoms with Crippen molar-refractivity contribution in [2.75, 3.05) is 20.3 Å². The van der Waals surface area contributed by atoms with E-state index >= 15 is 0 Å². The Balaban J connectivity index is 2.85. The van der Waals surface area contributed by atoms with E-state index in [0.29, 0.717) is 13.2 Å². The number of hydrogen-bond acceptors (Lipinski definition) is 5. The number of benzene rings is 1. The standard InChI is InChI=1S/C13H18ClNO5S/c1-9-4-5-11(12(8-9)21(14,17)18)20-10(2)13(16)15-6-7-19-3/h4-5,8,10H,6-7H2,1-3H3,(H,15,16). The second-order valence-corrected chi connectivity index (χ2v) is 6.97. The molecule has 0 saturated heterocycles. The molecule has 0 heterocycles. The maximum atomic E-state index is 11.8. The maximum absolute atomic E-state index is 11.8. The first kappa shape index (κ1) is 17.7. The molecule has 1 amide bonds. The van der Waals surface area contributed by atoms with Crippen LogP contribution in [0.5, 0.6) is 5.75 Å². The van der Waals surface area contributed by atoms with E-state index in [-0.39, 0.29) is 16.6 Å². The summed E-state index contributed by atoms with van der Waals surface area (Å²) in [6, 6.07) is 4.55. The number of amides is 1. The minimum absolute atomic E-state index is 0.0463. The highest BCUT2D eigenvalue weighted by Gasteiger charge is 2.21. The molecule has 0 aliphatic carbocycles. The van der Waals surface area contributed by atoms with Crippen LogP contribution in [-0.2, 0) is 18.6 Å². The zero-order chi connectivity index (χ0) is 16.0. The van der Waals surface area contributed by atoms with E-state index in [2.05, 4.69) is 5.32 Å². The van der Waals surface area contributed by atoms with Crippen molar-refractivity contribution in [2.45, 2.75) is 24.8 Å². The normalized spacial score (nSPS) is 12.8. The van der Waals surface area contributed by atoms with Gasteiger partial charge in [-0.2, -0.15) is 0 Å². The predicted octanol–water partition coefficient (Wildman–Crippen LogP) is 1.45. The Hall–Kier alpha value is -1.31. The van der Waals surface area contributed by atoms with E-state index in [1.54, 1.807) is 13.0 Å². The number of hydrogen-bond donors (Lipinski definition) is 1. The van der Waals surface area contributed by atoms with Crippen LogP contribution in [0.1, 0.15) is 12.5 Å². The Labute approximate surface area is 128 Å². The molecule has 0 aliphatic rings. The summed E-state index contributed by atoms with van der Waals surface area (Å²) < 4.78 is 33.3. The summed E-state index contributed by atoms with van der Waals surface area (Å²) >= 11 is 0. The molecule has 0 spiro atoms. The average molecular weight is 336 g/mol. The van der Waals surface area contributed by atoms with Gasteiger partial charge in [0.1, 0.15) is 10.6 Å². The Bertz CT molecular complexity index is 603. The number of carbonyl (C=O) groups is 1. The smallest absolute Gasteiger partial charge is 0.264 e. The van der Waals surface area contributed by atoms with Crippen molar-refractivity contribution in [3.63, 3.8) is 0 Å². The van der Waals surface area contributed by atoms with E-state index < -0.39 is 15.2 Å². The predicted molar refractivity (Wildman–Crippen MR) is 79.2 cm³/mol. The molecule has 0 fully saturated rings. The second kappa shape index (κ2) is 7.63. The first-order chi connectivity index (χ1) is 9.75. The van der Waals surface area contributed by atoms with Crippen LogP contribution >= 0.6 is 10.7 Å². The maximum Gasteiger partial charge on any atom is 0.264 e. The van der Waals surface area contributed by atoms with Crippen LogP contribution in [0, 0.1) is 6.92 Å². The molecule has 0 aromatic heterocycles. The zero-order valence-corrected chi connectivity index (χ0v) is 13.6. The van der Waals surface area contributed by atoms with Crippen molar-refractivity contribution in [1.29, 1.82) is 0 Å². The molecule has 1 N–H and O–H groups in total. The van der Waals surface area contributed by atoms with E-state index in [1.807, 2.05) is 0 Å². The lowest BCUT2D eigenvalue weighted by Crippen LogP contribution is -2.38. The van der Waals surface area contributed by atoms with Crippen molar-refractivity contribution in [1.82, 2.24) is 5.32 Å². The highest BCUT2D eigenvalue weighted by atomic mass is 35.7. The Morgan fingerprint density at radius 3 is 2.67 bits per heavy atom. The summed E-state index contributed by atoms with van der Waals surface area (Å²) in [5.74, 6) is -0.324. The van der Waals surface area contributed by atoms with Gasteiger partial charge in [-0.3, -0.25) is 4.79 Å². The molecular formula is C13H18ClNO5S. The third kappa shape index (κ3) is 5.53. The molecule has 0 aliphatic heterocycles. The Morgan fingerprint density at radius 1 is 1.43 bits per heavy atom. The van der Waals surface area contributed by atoms with Crippen LogP contribution in [0.3, 0.4) is 0 Å². The SMILES string of the molecule is COCCNC(=O)C(C)Oc1ccc(C)cc1S(=O)(=O)Cl. The number of ether oxygens (including phenoxy) is 2. The van der Waals surface area contributed by atoms with Crippen molar-refractivity contribution in [2.24, 2.45) is 0 Å². The molecule has 8 heteroatoms. The second-order valence-electron chi connectivity index (χ2n) is 4.43. The van der Waals surface area contributed by atoms with Gasteiger partial charge in [0.05, 0.1) is 6.61 Å². The fourth-order valence-electron chi connectivity index (χ4n) is 1.57. The van der Waals surface area contributed by atoms with Crippen LogP contribution in [0.15, 0.2) is 23.1 Å². The summed E-state index contributed by atoms with van der Waals surface area (Å²) in [4.78, 5) is 11.6. The van der Waals surface area contributed by atoms with Crippen molar-refractivity contribution in [3.8, 4) is 5.75 Å². The van der Waals surface area contributed by atoms with E-state index in [9.17, 15) is 13.2 Å². The fourth-order valence-corrected chi connectivity index (χ4v) is 2.61. The lowest BCUT2D eigenvalue weighted by Gasteiger charge is -2.16. The highest BCUT2D eigenvalue weighted by molar-refractivity contribution is 8.13. The monoisotopic (exact) mass is 335 g/mol. The van der Waals surface area contributed by atoms with E-state index in [1.165, 1.54) is 26.2 Å². The van der Waals surface area contributed by atoms with Crippen LogP contribution in [0.2, 0.25) is 0 Å². The van der Waals surface area contributed by atoms with E-state index in [4.69, 9.17) is 20.2 Å². The van der Waals surface area contributed by atoms with Gasteiger partial charge in [-0.15, -0.1) is 0 Å². The molecule has 0 saturated carbocycles. The minimum Gasteiger partial charge on any atom is -0.479 e. The zero-order valence-electron chi connectivity index (χ0n) is 12.1. The van der Waals surface area contributed by atoms with Gasteiger partial charge in [0.25, 0.3) is 15.0 Å². The largest absolute Gasteiger partial charge is 0.479 e. The number of methoxy groups -OCH3 is 1. The van der Waals surface area contributed by atoms with Gasteiger partial charge in [0, 0.05) is 24.3 Å². The van der Waals surface area contributed by atoms with Crippen molar-refractivity contribution in [3.05, 3.63) is 23.8 Å². The van der Waals surface area contributed by atoms with Crippen molar-refractivity contribution < 1.29 is 22.7 Å². The third-order valence-electron chi connectivity index (χ3n) is 2.64. The molecule has 1 unspecified atom stereocenters. The van der Waals surface area contributed by atoms with E-state index in [0.717, 1.165) is 5.56 Å². The van der Waals surface area contributed by atoms with Crippen LogP contribution < -0.4 is 10.1 Å². The highest BCUT2D eigenvalue weighted by Crippen LogP contribution is 2.28. The number of carbonyl (C=O) groups excluding carboxylic acids is 1. The molecule has 0 bridgehead atoms. The van der Waals surface area contributed by atoms with Gasteiger partial charge in [-0.1, -0.05) is 6.07 Å². The molecule has 1 aromatic rings. The first-order valence-electron chi connectivity index (χ1n) is 6.24. The van der Waals surface area contributed by atoms with Gasteiger partial charge >= 0.3 is 0 Å². The molecule has 21 heavy (non-hydrogen) atoms. The van der Waals surface area contributed by atoms with Crippen LogP contribution in [0.25, 0.3) is 0 Å². The minimum atomic E-state index is -3.95.